The lowest BCUT2D eigenvalue weighted by Gasteiger charge is -2.32. The van der Waals surface area contributed by atoms with Crippen LogP contribution in [0.1, 0.15) is 21.7 Å². The molecule has 2 aromatic carbocycles. The number of rotatable bonds is 8. The fourth-order valence-electron chi connectivity index (χ4n) is 4.04. The van der Waals surface area contributed by atoms with Gasteiger partial charge in [0.15, 0.2) is 5.76 Å². The maximum Gasteiger partial charge on any atom is 0.287 e. The molecule has 1 saturated heterocycles. The van der Waals surface area contributed by atoms with Crippen molar-refractivity contribution < 1.29 is 18.7 Å². The van der Waals surface area contributed by atoms with E-state index in [-0.39, 0.29) is 11.7 Å². The number of benzene rings is 2. The first-order chi connectivity index (χ1) is 16.1. The predicted molar refractivity (Wildman–Crippen MR) is 126 cm³/mol. The molecule has 4 rings (SSSR count). The summed E-state index contributed by atoms with van der Waals surface area (Å²) in [5, 5.41) is 2.86. The van der Waals surface area contributed by atoms with Crippen molar-refractivity contribution in [3.8, 4) is 0 Å². The molecule has 1 N–H and O–H groups in total. The molecule has 1 fully saturated rings. The van der Waals surface area contributed by atoms with Gasteiger partial charge in [-0.3, -0.25) is 9.59 Å². The Balaban J connectivity index is 1.51. The summed E-state index contributed by atoms with van der Waals surface area (Å²) in [7, 11) is 1.77. The highest BCUT2D eigenvalue weighted by atomic mass is 16.5. The largest absolute Gasteiger partial charge is 0.459 e. The number of para-hydroxylation sites is 1. The summed E-state index contributed by atoms with van der Waals surface area (Å²) in [6, 6.07) is 20.3. The number of hydrogen-bond donors (Lipinski definition) is 1. The normalized spacial score (nSPS) is 14.5. The third kappa shape index (κ3) is 5.81. The Morgan fingerprint density at radius 2 is 1.73 bits per heavy atom. The van der Waals surface area contributed by atoms with E-state index in [0.29, 0.717) is 26.2 Å². The van der Waals surface area contributed by atoms with Crippen LogP contribution in [0.15, 0.2) is 77.4 Å². The van der Waals surface area contributed by atoms with E-state index in [1.807, 2.05) is 48.5 Å². The molecule has 172 valence electrons. The number of nitrogens with zero attached hydrogens (tertiary/aromatic N) is 2. The van der Waals surface area contributed by atoms with Crippen molar-refractivity contribution in [1.82, 2.24) is 10.2 Å². The van der Waals surface area contributed by atoms with E-state index in [4.69, 9.17) is 9.15 Å². The van der Waals surface area contributed by atoms with Gasteiger partial charge in [0.1, 0.15) is 6.04 Å². The van der Waals surface area contributed by atoms with Gasteiger partial charge in [0, 0.05) is 38.8 Å². The number of nitrogens with one attached hydrogen (secondary N) is 1. The number of morpholine rings is 1. The standard InChI is InChI=1S/C26H29N3O4/c1-28(19-21-10-5-6-11-23(21)29-13-16-32-17-14-29)26(31)22(18-20-8-3-2-4-9-20)27-25(30)24-12-7-15-33-24/h2-12,15,22H,13-14,16-19H2,1H3,(H,27,30). The Kier molecular flexibility index (Phi) is 7.42. The van der Waals surface area contributed by atoms with Crippen LogP contribution in [0, 0.1) is 0 Å². The fourth-order valence-corrected chi connectivity index (χ4v) is 4.04. The molecule has 2 amide bonds. The van der Waals surface area contributed by atoms with Crippen molar-refractivity contribution in [1.29, 1.82) is 0 Å². The zero-order chi connectivity index (χ0) is 23.0. The molecule has 7 heteroatoms. The highest BCUT2D eigenvalue weighted by Crippen LogP contribution is 2.23. The van der Waals surface area contributed by atoms with Crippen molar-refractivity contribution in [3.05, 3.63) is 89.9 Å². The zero-order valence-electron chi connectivity index (χ0n) is 18.8. The molecule has 1 unspecified atom stereocenters. The molecule has 2 heterocycles. The predicted octanol–water partition coefficient (Wildman–Crippen LogP) is 3.12. The Morgan fingerprint density at radius 3 is 2.45 bits per heavy atom. The van der Waals surface area contributed by atoms with Crippen LogP contribution in [0.3, 0.4) is 0 Å². The van der Waals surface area contributed by atoms with E-state index < -0.39 is 11.9 Å². The summed E-state index contributed by atoms with van der Waals surface area (Å²) >= 11 is 0. The minimum absolute atomic E-state index is 0.157. The maximum atomic E-state index is 13.5. The highest BCUT2D eigenvalue weighted by molar-refractivity contribution is 5.95. The topological polar surface area (TPSA) is 75.0 Å². The molecule has 0 bridgehead atoms. The Labute approximate surface area is 193 Å². The first kappa shape index (κ1) is 22.6. The second-order valence-electron chi connectivity index (χ2n) is 8.12. The molecule has 33 heavy (non-hydrogen) atoms. The van der Waals surface area contributed by atoms with E-state index >= 15 is 0 Å². The number of hydrogen-bond acceptors (Lipinski definition) is 5. The van der Waals surface area contributed by atoms with Gasteiger partial charge in [0.25, 0.3) is 5.91 Å². The number of furan rings is 1. The van der Waals surface area contributed by atoms with Gasteiger partial charge in [0.05, 0.1) is 19.5 Å². The van der Waals surface area contributed by atoms with E-state index in [2.05, 4.69) is 16.3 Å². The van der Waals surface area contributed by atoms with Crippen molar-refractivity contribution in [2.24, 2.45) is 0 Å². The number of ether oxygens (including phenoxy) is 1. The van der Waals surface area contributed by atoms with E-state index in [1.54, 1.807) is 24.1 Å². The van der Waals surface area contributed by atoms with Gasteiger partial charge in [-0.25, -0.2) is 0 Å². The Hall–Kier alpha value is -3.58. The summed E-state index contributed by atoms with van der Waals surface area (Å²) in [5.41, 5.74) is 3.14. The van der Waals surface area contributed by atoms with Gasteiger partial charge in [-0.05, 0) is 29.3 Å². The van der Waals surface area contributed by atoms with Crippen LogP contribution in [0.4, 0.5) is 5.69 Å². The smallest absolute Gasteiger partial charge is 0.287 e. The quantitative estimate of drug-likeness (QED) is 0.574. The molecular formula is C26H29N3O4. The van der Waals surface area contributed by atoms with Crippen LogP contribution < -0.4 is 10.2 Å². The lowest BCUT2D eigenvalue weighted by molar-refractivity contribution is -0.132. The minimum Gasteiger partial charge on any atom is -0.459 e. The molecule has 0 spiro atoms. The molecule has 7 nitrogen and oxygen atoms in total. The van der Waals surface area contributed by atoms with Crippen molar-refractivity contribution in [2.45, 2.75) is 19.0 Å². The lowest BCUT2D eigenvalue weighted by Crippen LogP contribution is -2.48. The third-order valence-electron chi connectivity index (χ3n) is 5.76. The van der Waals surface area contributed by atoms with E-state index in [9.17, 15) is 9.59 Å². The third-order valence-corrected chi connectivity index (χ3v) is 5.76. The van der Waals surface area contributed by atoms with Gasteiger partial charge in [-0.1, -0.05) is 48.5 Å². The first-order valence-electron chi connectivity index (χ1n) is 11.2. The summed E-state index contributed by atoms with van der Waals surface area (Å²) in [6.07, 6.45) is 1.83. The summed E-state index contributed by atoms with van der Waals surface area (Å²) in [5.74, 6) is -0.381. The van der Waals surface area contributed by atoms with Crippen LogP contribution >= 0.6 is 0 Å². The first-order valence-corrected chi connectivity index (χ1v) is 11.2. The second-order valence-corrected chi connectivity index (χ2v) is 8.12. The molecule has 0 radical (unpaired) electrons. The van der Waals surface area contributed by atoms with Gasteiger partial charge < -0.3 is 24.3 Å². The minimum atomic E-state index is -0.717. The molecule has 3 aromatic rings. The molecule has 0 saturated carbocycles. The maximum absolute atomic E-state index is 13.5. The Bertz CT molecular complexity index is 1050. The van der Waals surface area contributed by atoms with Gasteiger partial charge in [-0.2, -0.15) is 0 Å². The van der Waals surface area contributed by atoms with Crippen molar-refractivity contribution >= 4 is 17.5 Å². The fraction of sp³-hybridized carbons (Fsp3) is 0.308. The molecule has 1 aliphatic heterocycles. The van der Waals surface area contributed by atoms with Crippen LogP contribution in [0.5, 0.6) is 0 Å². The van der Waals surface area contributed by atoms with Crippen LogP contribution in [0.25, 0.3) is 0 Å². The SMILES string of the molecule is CN(Cc1ccccc1N1CCOCC1)C(=O)C(Cc1ccccc1)NC(=O)c1ccco1. The molecular weight excluding hydrogens is 418 g/mol. The van der Waals surface area contributed by atoms with Crippen LogP contribution in [-0.2, 0) is 22.5 Å². The van der Waals surface area contributed by atoms with E-state index in [1.165, 1.54) is 6.26 Å². The van der Waals surface area contributed by atoms with Crippen LogP contribution in [-0.4, -0.2) is 56.1 Å². The zero-order valence-corrected chi connectivity index (χ0v) is 18.8. The monoisotopic (exact) mass is 447 g/mol. The summed E-state index contributed by atoms with van der Waals surface area (Å²) < 4.78 is 10.7. The molecule has 1 aromatic heterocycles. The van der Waals surface area contributed by atoms with Gasteiger partial charge in [-0.15, -0.1) is 0 Å². The second kappa shape index (κ2) is 10.8. The van der Waals surface area contributed by atoms with Gasteiger partial charge in [0.2, 0.25) is 5.91 Å². The lowest BCUT2D eigenvalue weighted by atomic mass is 10.0. The van der Waals surface area contributed by atoms with E-state index in [0.717, 1.165) is 29.9 Å². The summed E-state index contributed by atoms with van der Waals surface area (Å²) in [4.78, 5) is 30.1. The average Bonchev–Trinajstić information content (AvgIpc) is 3.40. The number of carbonyl (C=O) groups excluding carboxylic acids is 2. The molecule has 0 aliphatic carbocycles. The molecule has 1 aliphatic rings. The van der Waals surface area contributed by atoms with Crippen molar-refractivity contribution in [2.75, 3.05) is 38.3 Å². The number of carbonyl (C=O) groups is 2. The molecule has 1 atom stereocenters. The van der Waals surface area contributed by atoms with Gasteiger partial charge >= 0.3 is 0 Å². The number of amides is 2. The summed E-state index contributed by atoms with van der Waals surface area (Å²) in [6.45, 7) is 3.48. The van der Waals surface area contributed by atoms with Crippen LogP contribution in [0.2, 0.25) is 0 Å². The highest BCUT2D eigenvalue weighted by Gasteiger charge is 2.26. The number of anilines is 1. The number of likely N-dealkylation sites (N-methyl/N-ethyl adjacent to an activating group) is 1. The average molecular weight is 448 g/mol. The van der Waals surface area contributed by atoms with Crippen molar-refractivity contribution in [3.63, 3.8) is 0 Å². The Morgan fingerprint density at radius 1 is 1.00 bits per heavy atom.